The number of hydrogen-bond acceptors (Lipinski definition) is 5. The third-order valence-corrected chi connectivity index (χ3v) is 5.14. The van der Waals surface area contributed by atoms with Gasteiger partial charge in [-0.2, -0.15) is 4.68 Å². The van der Waals surface area contributed by atoms with Gasteiger partial charge in [0.05, 0.1) is 11.8 Å². The van der Waals surface area contributed by atoms with E-state index in [0.717, 1.165) is 35.5 Å². The van der Waals surface area contributed by atoms with Crippen LogP contribution in [-0.4, -0.2) is 32.2 Å². The molecule has 0 bridgehead atoms. The molecule has 1 saturated carbocycles. The van der Waals surface area contributed by atoms with Gasteiger partial charge < -0.3 is 10.1 Å². The molecule has 0 radical (unpaired) electrons. The molecular formula is C22H25N5O2. The maximum Gasteiger partial charge on any atom is 0.224 e. The van der Waals surface area contributed by atoms with Crippen molar-refractivity contribution in [1.82, 2.24) is 20.2 Å². The van der Waals surface area contributed by atoms with E-state index >= 15 is 0 Å². The van der Waals surface area contributed by atoms with Gasteiger partial charge in [-0.25, -0.2) is 0 Å². The zero-order valence-corrected chi connectivity index (χ0v) is 16.5. The SMILES string of the molecule is Cc1nnnn1-c1cccc(NC(=O)CCc2cccc(OC3CCCC3)c2)c1. The Morgan fingerprint density at radius 1 is 1.17 bits per heavy atom. The Bertz CT molecular complexity index is 979. The summed E-state index contributed by atoms with van der Waals surface area (Å²) in [5, 5.41) is 14.5. The van der Waals surface area contributed by atoms with Crippen LogP contribution in [0.25, 0.3) is 5.69 Å². The average molecular weight is 391 g/mol. The summed E-state index contributed by atoms with van der Waals surface area (Å²) in [4.78, 5) is 12.4. The van der Waals surface area contributed by atoms with Crippen LogP contribution in [0, 0.1) is 6.92 Å². The highest BCUT2D eigenvalue weighted by atomic mass is 16.5. The number of nitrogens with zero attached hydrogens (tertiary/aromatic N) is 4. The van der Waals surface area contributed by atoms with Crippen molar-refractivity contribution >= 4 is 11.6 Å². The van der Waals surface area contributed by atoms with Gasteiger partial charge >= 0.3 is 0 Å². The highest BCUT2D eigenvalue weighted by molar-refractivity contribution is 5.91. The topological polar surface area (TPSA) is 81.9 Å². The van der Waals surface area contributed by atoms with Crippen LogP contribution in [-0.2, 0) is 11.2 Å². The van der Waals surface area contributed by atoms with E-state index in [1.165, 1.54) is 12.8 Å². The van der Waals surface area contributed by atoms with Crippen LogP contribution in [0.3, 0.4) is 0 Å². The van der Waals surface area contributed by atoms with E-state index in [4.69, 9.17) is 4.74 Å². The van der Waals surface area contributed by atoms with Crippen LogP contribution < -0.4 is 10.1 Å². The molecule has 7 nitrogen and oxygen atoms in total. The molecule has 1 aromatic heterocycles. The number of carbonyl (C=O) groups is 1. The van der Waals surface area contributed by atoms with E-state index in [0.29, 0.717) is 24.8 Å². The summed E-state index contributed by atoms with van der Waals surface area (Å²) in [6.45, 7) is 1.83. The molecule has 2 aromatic carbocycles. The number of aryl methyl sites for hydroxylation is 2. The lowest BCUT2D eigenvalue weighted by molar-refractivity contribution is -0.116. The lowest BCUT2D eigenvalue weighted by atomic mass is 10.1. The number of aromatic nitrogens is 4. The van der Waals surface area contributed by atoms with Gasteiger partial charge in [0.15, 0.2) is 5.82 Å². The fourth-order valence-corrected chi connectivity index (χ4v) is 3.64. The molecule has 7 heteroatoms. The average Bonchev–Trinajstić information content (AvgIpc) is 3.38. The van der Waals surface area contributed by atoms with E-state index in [2.05, 4.69) is 20.8 Å². The monoisotopic (exact) mass is 391 g/mol. The number of tetrazole rings is 1. The van der Waals surface area contributed by atoms with Crippen molar-refractivity contribution < 1.29 is 9.53 Å². The Hall–Kier alpha value is -3.22. The van der Waals surface area contributed by atoms with Gasteiger partial charge in [-0.05, 0) is 85.3 Å². The summed E-state index contributed by atoms with van der Waals surface area (Å²) >= 11 is 0. The molecule has 29 heavy (non-hydrogen) atoms. The minimum absolute atomic E-state index is 0.0299. The number of nitrogens with one attached hydrogen (secondary N) is 1. The molecule has 1 heterocycles. The highest BCUT2D eigenvalue weighted by Crippen LogP contribution is 2.25. The molecule has 0 saturated heterocycles. The summed E-state index contributed by atoms with van der Waals surface area (Å²) in [6, 6.07) is 15.6. The van der Waals surface area contributed by atoms with Crippen LogP contribution in [0.1, 0.15) is 43.5 Å². The Balaban J connectivity index is 1.33. The number of ether oxygens (including phenoxy) is 1. The number of carbonyl (C=O) groups excluding carboxylic acids is 1. The van der Waals surface area contributed by atoms with E-state index < -0.39 is 0 Å². The molecule has 0 unspecified atom stereocenters. The highest BCUT2D eigenvalue weighted by Gasteiger charge is 2.16. The van der Waals surface area contributed by atoms with Gasteiger partial charge in [0.2, 0.25) is 5.91 Å². The third kappa shape index (κ3) is 4.99. The van der Waals surface area contributed by atoms with Crippen molar-refractivity contribution in [2.45, 2.75) is 51.6 Å². The number of amides is 1. The lowest BCUT2D eigenvalue weighted by Gasteiger charge is -2.14. The third-order valence-electron chi connectivity index (χ3n) is 5.14. The Kier molecular flexibility index (Phi) is 5.84. The fourth-order valence-electron chi connectivity index (χ4n) is 3.64. The van der Waals surface area contributed by atoms with Crippen molar-refractivity contribution in [3.05, 3.63) is 59.9 Å². The first-order chi connectivity index (χ1) is 14.2. The summed E-state index contributed by atoms with van der Waals surface area (Å²) < 4.78 is 7.69. The maximum absolute atomic E-state index is 12.4. The zero-order chi connectivity index (χ0) is 20.1. The van der Waals surface area contributed by atoms with Crippen LogP contribution >= 0.6 is 0 Å². The first-order valence-electron chi connectivity index (χ1n) is 10.1. The fraction of sp³-hybridized carbons (Fsp3) is 0.364. The standard InChI is InChI=1S/C22H25N5O2/c1-16-24-25-26-27(16)19-8-5-7-18(15-19)23-22(28)13-12-17-6-4-11-21(14-17)29-20-9-2-3-10-20/h4-8,11,14-15,20H,2-3,9-10,12-13H2,1H3,(H,23,28). The molecule has 1 fully saturated rings. The second kappa shape index (κ2) is 8.86. The Labute approximate surface area is 170 Å². The quantitative estimate of drug-likeness (QED) is 0.661. The van der Waals surface area contributed by atoms with Crippen LogP contribution in [0.4, 0.5) is 5.69 Å². The van der Waals surface area contributed by atoms with Gasteiger partial charge in [0.25, 0.3) is 0 Å². The van der Waals surface area contributed by atoms with Crippen LogP contribution in [0.15, 0.2) is 48.5 Å². The Morgan fingerprint density at radius 3 is 2.79 bits per heavy atom. The second-order valence-corrected chi connectivity index (χ2v) is 7.41. The molecule has 150 valence electrons. The van der Waals surface area contributed by atoms with E-state index in [1.54, 1.807) is 4.68 Å². The van der Waals surface area contributed by atoms with E-state index in [-0.39, 0.29) is 5.91 Å². The molecule has 0 atom stereocenters. The van der Waals surface area contributed by atoms with Crippen molar-refractivity contribution in [2.24, 2.45) is 0 Å². The normalized spacial score (nSPS) is 14.1. The van der Waals surface area contributed by atoms with Gasteiger partial charge in [0, 0.05) is 12.1 Å². The molecule has 0 aliphatic heterocycles. The van der Waals surface area contributed by atoms with Crippen LogP contribution in [0.5, 0.6) is 5.75 Å². The number of rotatable bonds is 7. The smallest absolute Gasteiger partial charge is 0.224 e. The summed E-state index contributed by atoms with van der Waals surface area (Å²) in [6.07, 6.45) is 6.17. The molecule has 1 N–H and O–H groups in total. The van der Waals surface area contributed by atoms with Crippen molar-refractivity contribution in [2.75, 3.05) is 5.32 Å². The van der Waals surface area contributed by atoms with Gasteiger partial charge in [-0.15, -0.1) is 5.10 Å². The molecule has 1 aliphatic carbocycles. The number of benzene rings is 2. The largest absolute Gasteiger partial charge is 0.490 e. The van der Waals surface area contributed by atoms with E-state index in [1.807, 2.05) is 55.5 Å². The van der Waals surface area contributed by atoms with Gasteiger partial charge in [0.1, 0.15) is 5.75 Å². The van der Waals surface area contributed by atoms with E-state index in [9.17, 15) is 4.79 Å². The number of hydrogen-bond donors (Lipinski definition) is 1. The van der Waals surface area contributed by atoms with Crippen molar-refractivity contribution in [3.8, 4) is 11.4 Å². The summed E-state index contributed by atoms with van der Waals surface area (Å²) in [7, 11) is 0. The maximum atomic E-state index is 12.4. The number of anilines is 1. The zero-order valence-electron chi connectivity index (χ0n) is 16.5. The van der Waals surface area contributed by atoms with Crippen LogP contribution in [0.2, 0.25) is 0 Å². The Morgan fingerprint density at radius 2 is 2.00 bits per heavy atom. The minimum Gasteiger partial charge on any atom is -0.490 e. The second-order valence-electron chi connectivity index (χ2n) is 7.41. The predicted octanol–water partition coefficient (Wildman–Crippen LogP) is 3.86. The molecule has 0 spiro atoms. The first-order valence-corrected chi connectivity index (χ1v) is 10.1. The summed E-state index contributed by atoms with van der Waals surface area (Å²) in [5.41, 5.74) is 2.64. The molecule has 3 aromatic rings. The van der Waals surface area contributed by atoms with Crippen molar-refractivity contribution in [1.29, 1.82) is 0 Å². The van der Waals surface area contributed by atoms with Gasteiger partial charge in [-0.3, -0.25) is 4.79 Å². The lowest BCUT2D eigenvalue weighted by Crippen LogP contribution is -2.13. The molecule has 1 amide bonds. The summed E-state index contributed by atoms with van der Waals surface area (Å²) in [5.74, 6) is 1.56. The molecule has 4 rings (SSSR count). The first kappa shape index (κ1) is 19.1. The molecular weight excluding hydrogens is 366 g/mol. The van der Waals surface area contributed by atoms with Crippen molar-refractivity contribution in [3.63, 3.8) is 0 Å². The minimum atomic E-state index is -0.0299. The van der Waals surface area contributed by atoms with Gasteiger partial charge in [-0.1, -0.05) is 18.2 Å². The predicted molar refractivity (Wildman–Crippen MR) is 110 cm³/mol. The molecule has 1 aliphatic rings.